The lowest BCUT2D eigenvalue weighted by Crippen LogP contribution is -2.48. The Morgan fingerprint density at radius 3 is 2.59 bits per heavy atom. The van der Waals surface area contributed by atoms with E-state index in [1.165, 1.54) is 0 Å². The van der Waals surface area contributed by atoms with Gasteiger partial charge in [-0.25, -0.2) is 8.78 Å². The van der Waals surface area contributed by atoms with Crippen molar-refractivity contribution in [3.8, 4) is 5.75 Å². The number of carbonyl (C=O) groups excluding carboxylic acids is 1. The van der Waals surface area contributed by atoms with Crippen molar-refractivity contribution in [2.24, 2.45) is 0 Å². The molecule has 9 heteroatoms. The van der Waals surface area contributed by atoms with E-state index in [1.807, 2.05) is 0 Å². The Balaban J connectivity index is 1.94. The van der Waals surface area contributed by atoms with Crippen LogP contribution in [0.4, 0.5) is 22.0 Å². The number of hydrogen-bond donors (Lipinski definition) is 1. The van der Waals surface area contributed by atoms with E-state index in [-0.39, 0.29) is 12.3 Å². The number of halogens is 5. The number of β-amino-alcohol motifs (C(OH)–C–C–N with tert-alkyl or cyclic N) is 1. The van der Waals surface area contributed by atoms with E-state index < -0.39 is 48.9 Å². The molecule has 1 heterocycles. The normalized spacial score (nSPS) is 22.0. The second-order valence-electron chi connectivity index (χ2n) is 4.96. The molecule has 1 aromatic carbocycles. The lowest BCUT2D eigenvalue weighted by molar-refractivity contribution is -0.253. The van der Waals surface area contributed by atoms with Gasteiger partial charge in [0, 0.05) is 19.0 Å². The fourth-order valence-corrected chi connectivity index (χ4v) is 2.06. The standard InChI is InChI=1S/C13H12F5NO3/c14-8-1-2-10(9(15)5-8)22-6-11(20)19-4-3-12(21,7-19)13(16,17)18/h1-2,5,21H,3-4,6-7H2/t12-/m0/s1. The van der Waals surface area contributed by atoms with E-state index in [1.54, 1.807) is 0 Å². The first-order valence-corrected chi connectivity index (χ1v) is 6.27. The number of hydrogen-bond acceptors (Lipinski definition) is 3. The first-order chi connectivity index (χ1) is 10.1. The van der Waals surface area contributed by atoms with Gasteiger partial charge < -0.3 is 14.7 Å². The Bertz CT molecular complexity index is 577. The van der Waals surface area contributed by atoms with Gasteiger partial charge in [-0.1, -0.05) is 0 Å². The van der Waals surface area contributed by atoms with E-state index in [4.69, 9.17) is 4.74 Å². The minimum absolute atomic E-state index is 0.288. The molecule has 0 spiro atoms. The highest BCUT2D eigenvalue weighted by molar-refractivity contribution is 5.78. The van der Waals surface area contributed by atoms with Crippen molar-refractivity contribution in [1.29, 1.82) is 0 Å². The predicted octanol–water partition coefficient (Wildman–Crippen LogP) is 1.87. The van der Waals surface area contributed by atoms with Crippen LogP contribution in [0.1, 0.15) is 6.42 Å². The van der Waals surface area contributed by atoms with Gasteiger partial charge in [0.05, 0.1) is 6.54 Å². The third-order valence-corrected chi connectivity index (χ3v) is 3.37. The van der Waals surface area contributed by atoms with E-state index >= 15 is 0 Å². The van der Waals surface area contributed by atoms with Crippen LogP contribution in [0.2, 0.25) is 0 Å². The first kappa shape index (κ1) is 16.5. The van der Waals surface area contributed by atoms with Crippen molar-refractivity contribution in [1.82, 2.24) is 4.90 Å². The van der Waals surface area contributed by atoms with Gasteiger partial charge in [-0.3, -0.25) is 4.79 Å². The zero-order chi connectivity index (χ0) is 16.5. The summed E-state index contributed by atoms with van der Waals surface area (Å²) in [5, 5.41) is 9.45. The van der Waals surface area contributed by atoms with Crippen molar-refractivity contribution >= 4 is 5.91 Å². The minimum Gasteiger partial charge on any atom is -0.481 e. The van der Waals surface area contributed by atoms with Crippen LogP contribution in [0.15, 0.2) is 18.2 Å². The van der Waals surface area contributed by atoms with Gasteiger partial charge in [-0.15, -0.1) is 0 Å². The molecule has 4 nitrogen and oxygen atoms in total. The second-order valence-corrected chi connectivity index (χ2v) is 4.96. The van der Waals surface area contributed by atoms with Gasteiger partial charge in [0.2, 0.25) is 0 Å². The number of ether oxygens (including phenoxy) is 1. The van der Waals surface area contributed by atoms with Crippen molar-refractivity contribution in [3.05, 3.63) is 29.8 Å². The van der Waals surface area contributed by atoms with Gasteiger partial charge in [0.25, 0.3) is 5.91 Å². The van der Waals surface area contributed by atoms with Gasteiger partial charge in [0.15, 0.2) is 23.8 Å². The lowest BCUT2D eigenvalue weighted by Gasteiger charge is -2.25. The molecule has 122 valence electrons. The molecule has 22 heavy (non-hydrogen) atoms. The molecule has 0 saturated carbocycles. The number of likely N-dealkylation sites (tertiary alicyclic amines) is 1. The molecule has 0 unspecified atom stereocenters. The fourth-order valence-electron chi connectivity index (χ4n) is 2.06. The van der Waals surface area contributed by atoms with Gasteiger partial charge >= 0.3 is 6.18 Å². The van der Waals surface area contributed by atoms with Crippen LogP contribution in [-0.2, 0) is 4.79 Å². The monoisotopic (exact) mass is 325 g/mol. The van der Waals surface area contributed by atoms with E-state index in [2.05, 4.69) is 0 Å². The van der Waals surface area contributed by atoms with Crippen molar-refractivity contribution in [3.63, 3.8) is 0 Å². The predicted molar refractivity (Wildman–Crippen MR) is 64.1 cm³/mol. The van der Waals surface area contributed by atoms with Gasteiger partial charge in [-0.05, 0) is 12.1 Å². The van der Waals surface area contributed by atoms with E-state index in [9.17, 15) is 31.9 Å². The SMILES string of the molecule is O=C(COc1ccc(F)cc1F)N1CC[C@@](O)(C(F)(F)F)C1. The van der Waals surface area contributed by atoms with E-state index in [0.29, 0.717) is 6.07 Å². The van der Waals surface area contributed by atoms with Gasteiger partial charge in [-0.2, -0.15) is 13.2 Å². The third-order valence-electron chi connectivity index (χ3n) is 3.37. The highest BCUT2D eigenvalue weighted by Gasteiger charge is 2.57. The molecule has 1 fully saturated rings. The maximum atomic E-state index is 13.3. The smallest absolute Gasteiger partial charge is 0.419 e. The van der Waals surface area contributed by atoms with Crippen molar-refractivity contribution in [2.75, 3.05) is 19.7 Å². The number of nitrogens with zero attached hydrogens (tertiary/aromatic N) is 1. The largest absolute Gasteiger partial charge is 0.481 e. The Hall–Kier alpha value is -1.90. The summed E-state index contributed by atoms with van der Waals surface area (Å²) in [6, 6.07) is 2.44. The first-order valence-electron chi connectivity index (χ1n) is 6.27. The van der Waals surface area contributed by atoms with Crippen molar-refractivity contribution in [2.45, 2.75) is 18.2 Å². The summed E-state index contributed by atoms with van der Waals surface area (Å²) in [6.07, 6.45) is -5.47. The molecular formula is C13H12F5NO3. The summed E-state index contributed by atoms with van der Waals surface area (Å²) >= 11 is 0. The molecule has 0 radical (unpaired) electrons. The molecule has 0 aliphatic carbocycles. The summed E-state index contributed by atoms with van der Waals surface area (Å²) in [5.74, 6) is -3.07. The highest BCUT2D eigenvalue weighted by Crippen LogP contribution is 2.37. The highest BCUT2D eigenvalue weighted by atomic mass is 19.4. The molecular weight excluding hydrogens is 313 g/mol. The Morgan fingerprint density at radius 2 is 2.05 bits per heavy atom. The molecule has 1 saturated heterocycles. The second kappa shape index (κ2) is 5.71. The van der Waals surface area contributed by atoms with E-state index in [0.717, 1.165) is 17.0 Å². The third kappa shape index (κ3) is 3.29. The summed E-state index contributed by atoms with van der Waals surface area (Å²) in [5.41, 5.74) is -2.94. The zero-order valence-electron chi connectivity index (χ0n) is 11.2. The van der Waals surface area contributed by atoms with Crippen LogP contribution in [0, 0.1) is 11.6 Å². The Labute approximate surface area is 122 Å². The van der Waals surface area contributed by atoms with Crippen LogP contribution in [0.25, 0.3) is 0 Å². The van der Waals surface area contributed by atoms with Crippen LogP contribution in [0.3, 0.4) is 0 Å². The van der Waals surface area contributed by atoms with Crippen LogP contribution in [0.5, 0.6) is 5.75 Å². The van der Waals surface area contributed by atoms with Gasteiger partial charge in [0.1, 0.15) is 5.82 Å². The summed E-state index contributed by atoms with van der Waals surface area (Å²) in [4.78, 5) is 12.5. The Kier molecular flexibility index (Phi) is 4.28. The van der Waals surface area contributed by atoms with Crippen LogP contribution in [-0.4, -0.2) is 47.4 Å². The average molecular weight is 325 g/mol. The number of alkyl halides is 3. The van der Waals surface area contributed by atoms with Crippen LogP contribution >= 0.6 is 0 Å². The number of rotatable bonds is 3. The lowest BCUT2D eigenvalue weighted by atomic mass is 10.0. The maximum absolute atomic E-state index is 13.3. The maximum Gasteiger partial charge on any atom is 0.419 e. The van der Waals surface area contributed by atoms with Crippen LogP contribution < -0.4 is 4.74 Å². The number of amides is 1. The Morgan fingerprint density at radius 1 is 1.36 bits per heavy atom. The molecule has 1 amide bonds. The molecule has 2 rings (SSSR count). The molecule has 1 aliphatic rings. The topological polar surface area (TPSA) is 49.8 Å². The average Bonchev–Trinajstić information content (AvgIpc) is 2.81. The number of benzene rings is 1. The van der Waals surface area contributed by atoms with Crippen molar-refractivity contribution < 1.29 is 36.6 Å². The summed E-state index contributed by atoms with van der Waals surface area (Å²) in [7, 11) is 0. The minimum atomic E-state index is -4.84. The molecule has 0 bridgehead atoms. The molecule has 1 atom stereocenters. The fraction of sp³-hybridized carbons (Fsp3) is 0.462. The molecule has 0 aromatic heterocycles. The molecule has 1 N–H and O–H groups in total. The number of carbonyl (C=O) groups is 1. The molecule has 1 aliphatic heterocycles. The zero-order valence-corrected chi connectivity index (χ0v) is 11.2. The molecule has 1 aromatic rings. The number of aliphatic hydroxyl groups is 1. The summed E-state index contributed by atoms with van der Waals surface area (Å²) in [6.45, 7) is -1.90. The quantitative estimate of drug-likeness (QED) is 0.863. The summed E-state index contributed by atoms with van der Waals surface area (Å²) < 4.78 is 68.6.